The Bertz CT molecular complexity index is 321. The smallest absolute Gasteiger partial charge is 0.315 e. The molecule has 0 heterocycles. The molecule has 1 aliphatic rings. The van der Waals surface area contributed by atoms with Gasteiger partial charge < -0.3 is 9.84 Å². The molecule has 0 aliphatic heterocycles. The van der Waals surface area contributed by atoms with Gasteiger partial charge in [-0.05, 0) is 26.7 Å². The van der Waals surface area contributed by atoms with Gasteiger partial charge in [0, 0.05) is 0 Å². The molecule has 0 aromatic heterocycles. The summed E-state index contributed by atoms with van der Waals surface area (Å²) in [5.41, 5.74) is -1.53. The van der Waals surface area contributed by atoms with Gasteiger partial charge in [-0.1, -0.05) is 12.2 Å². The van der Waals surface area contributed by atoms with Gasteiger partial charge in [-0.25, -0.2) is 0 Å². The first-order valence-corrected chi connectivity index (χ1v) is 4.86. The summed E-state index contributed by atoms with van der Waals surface area (Å²) in [6, 6.07) is 0. The summed E-state index contributed by atoms with van der Waals surface area (Å²) in [5.74, 6) is -1.17. The highest BCUT2D eigenvalue weighted by molar-refractivity contribution is 5.81. The number of carboxylic acid groups (broad SMARTS) is 1. The number of carboxylic acids is 1. The minimum atomic E-state index is -0.856. The van der Waals surface area contributed by atoms with E-state index < -0.39 is 16.8 Å². The maximum Gasteiger partial charge on any atom is 0.315 e. The minimum Gasteiger partial charge on any atom is -0.481 e. The zero-order valence-corrected chi connectivity index (χ0v) is 9.24. The van der Waals surface area contributed by atoms with Crippen molar-refractivity contribution in [2.75, 3.05) is 7.11 Å². The third-order valence-corrected chi connectivity index (χ3v) is 3.12. The predicted molar refractivity (Wildman–Crippen MR) is 54.2 cm³/mol. The average Bonchev–Trinajstić information content (AvgIpc) is 2.21. The number of hydrogen-bond acceptors (Lipinski definition) is 3. The lowest BCUT2D eigenvalue weighted by Crippen LogP contribution is -2.36. The Kier molecular flexibility index (Phi) is 2.88. The maximum absolute atomic E-state index is 11.4. The van der Waals surface area contributed by atoms with Crippen molar-refractivity contribution >= 4 is 11.9 Å². The average molecular weight is 212 g/mol. The summed E-state index contributed by atoms with van der Waals surface area (Å²) < 4.78 is 4.68. The monoisotopic (exact) mass is 212 g/mol. The first-order valence-electron chi connectivity index (χ1n) is 4.86. The molecule has 0 amide bonds. The zero-order valence-electron chi connectivity index (χ0n) is 9.24. The van der Waals surface area contributed by atoms with Crippen LogP contribution < -0.4 is 0 Å². The lowest BCUT2D eigenvalue weighted by atomic mass is 9.70. The van der Waals surface area contributed by atoms with Gasteiger partial charge in [0.2, 0.25) is 0 Å². The lowest BCUT2D eigenvalue weighted by Gasteiger charge is -2.33. The third-order valence-electron chi connectivity index (χ3n) is 3.12. The highest BCUT2D eigenvalue weighted by Crippen LogP contribution is 2.40. The van der Waals surface area contributed by atoms with Crippen molar-refractivity contribution in [1.82, 2.24) is 0 Å². The predicted octanol–water partition coefficient (Wildman–Crippen LogP) is 1.61. The number of rotatable bonds is 2. The minimum absolute atomic E-state index is 0.314. The van der Waals surface area contributed by atoms with Crippen LogP contribution in [0, 0.1) is 10.8 Å². The molecule has 0 fully saturated rings. The first kappa shape index (κ1) is 11.8. The summed E-state index contributed by atoms with van der Waals surface area (Å²) in [4.78, 5) is 22.4. The van der Waals surface area contributed by atoms with Crippen LogP contribution in [0.3, 0.4) is 0 Å². The summed E-state index contributed by atoms with van der Waals surface area (Å²) >= 11 is 0. The molecule has 0 saturated heterocycles. The van der Waals surface area contributed by atoms with E-state index in [4.69, 9.17) is 5.11 Å². The Labute approximate surface area is 88.9 Å². The van der Waals surface area contributed by atoms with Crippen LogP contribution in [0.25, 0.3) is 0 Å². The molecule has 4 nitrogen and oxygen atoms in total. The molecular weight excluding hydrogens is 196 g/mol. The van der Waals surface area contributed by atoms with Crippen molar-refractivity contribution in [3.05, 3.63) is 12.2 Å². The second kappa shape index (κ2) is 3.68. The van der Waals surface area contributed by atoms with Crippen LogP contribution in [-0.4, -0.2) is 24.2 Å². The van der Waals surface area contributed by atoms with E-state index >= 15 is 0 Å². The third kappa shape index (κ3) is 2.03. The zero-order chi connectivity index (χ0) is 11.7. The van der Waals surface area contributed by atoms with E-state index in [9.17, 15) is 9.59 Å². The van der Waals surface area contributed by atoms with Gasteiger partial charge >= 0.3 is 11.9 Å². The highest BCUT2D eigenvalue weighted by atomic mass is 16.5. The second-order valence-electron chi connectivity index (χ2n) is 4.47. The van der Waals surface area contributed by atoms with Gasteiger partial charge in [0.15, 0.2) is 0 Å². The van der Waals surface area contributed by atoms with Crippen molar-refractivity contribution in [1.29, 1.82) is 0 Å². The molecule has 1 rings (SSSR count). The van der Waals surface area contributed by atoms with Crippen molar-refractivity contribution < 1.29 is 19.4 Å². The largest absolute Gasteiger partial charge is 0.481 e. The standard InChI is InChI=1S/C11H16O4/c1-10(8(12)13)4-6-11(2,7-5-10)9(14)15-3/h4,6H,5,7H2,1-3H3,(H,12,13). The van der Waals surface area contributed by atoms with E-state index in [1.807, 2.05) is 0 Å². The number of methoxy groups -OCH3 is 1. The number of carbonyl (C=O) groups excluding carboxylic acids is 1. The van der Waals surface area contributed by atoms with Crippen LogP contribution in [0.1, 0.15) is 26.7 Å². The molecule has 0 aromatic carbocycles. The summed E-state index contributed by atoms with van der Waals surface area (Å²) in [7, 11) is 1.34. The molecular formula is C11H16O4. The van der Waals surface area contributed by atoms with Gasteiger partial charge in [-0.3, -0.25) is 9.59 Å². The molecule has 0 spiro atoms. The van der Waals surface area contributed by atoms with E-state index in [0.29, 0.717) is 12.8 Å². The first-order chi connectivity index (χ1) is 6.84. The van der Waals surface area contributed by atoms with Gasteiger partial charge in [-0.15, -0.1) is 0 Å². The number of esters is 1. The summed E-state index contributed by atoms with van der Waals surface area (Å²) in [6.45, 7) is 3.42. The second-order valence-corrected chi connectivity index (χ2v) is 4.47. The fourth-order valence-corrected chi connectivity index (χ4v) is 1.64. The van der Waals surface area contributed by atoms with Crippen molar-refractivity contribution in [3.8, 4) is 0 Å². The molecule has 2 unspecified atom stereocenters. The van der Waals surface area contributed by atoms with Crippen LogP contribution in [0.4, 0.5) is 0 Å². The van der Waals surface area contributed by atoms with E-state index in [1.54, 1.807) is 26.0 Å². The Balaban J connectivity index is 2.91. The molecule has 2 atom stereocenters. The number of aliphatic carboxylic acids is 1. The van der Waals surface area contributed by atoms with E-state index in [-0.39, 0.29) is 5.97 Å². The molecule has 1 N–H and O–H groups in total. The number of ether oxygens (including phenoxy) is 1. The molecule has 4 heteroatoms. The summed E-state index contributed by atoms with van der Waals surface area (Å²) in [5, 5.41) is 9.00. The van der Waals surface area contributed by atoms with E-state index in [2.05, 4.69) is 4.74 Å². The molecule has 0 aromatic rings. The maximum atomic E-state index is 11.4. The fourth-order valence-electron chi connectivity index (χ4n) is 1.64. The lowest BCUT2D eigenvalue weighted by molar-refractivity contribution is -0.152. The Hall–Kier alpha value is -1.32. The Morgan fingerprint density at radius 3 is 2.00 bits per heavy atom. The van der Waals surface area contributed by atoms with Crippen LogP contribution in [0.2, 0.25) is 0 Å². The fraction of sp³-hybridized carbons (Fsp3) is 0.636. The topological polar surface area (TPSA) is 63.6 Å². The van der Waals surface area contributed by atoms with Crippen LogP contribution >= 0.6 is 0 Å². The molecule has 0 bridgehead atoms. The normalized spacial score (nSPS) is 34.9. The van der Waals surface area contributed by atoms with Crippen LogP contribution in [-0.2, 0) is 14.3 Å². The molecule has 15 heavy (non-hydrogen) atoms. The van der Waals surface area contributed by atoms with E-state index in [1.165, 1.54) is 7.11 Å². The van der Waals surface area contributed by atoms with Crippen molar-refractivity contribution in [2.24, 2.45) is 10.8 Å². The molecule has 0 radical (unpaired) electrons. The highest BCUT2D eigenvalue weighted by Gasteiger charge is 2.41. The van der Waals surface area contributed by atoms with Gasteiger partial charge in [0.1, 0.15) is 0 Å². The summed E-state index contributed by atoms with van der Waals surface area (Å²) in [6.07, 6.45) is 4.19. The van der Waals surface area contributed by atoms with Crippen LogP contribution in [0.15, 0.2) is 12.2 Å². The molecule has 84 valence electrons. The van der Waals surface area contributed by atoms with Crippen molar-refractivity contribution in [2.45, 2.75) is 26.7 Å². The molecule has 0 saturated carbocycles. The van der Waals surface area contributed by atoms with Gasteiger partial charge in [-0.2, -0.15) is 0 Å². The molecule has 1 aliphatic carbocycles. The van der Waals surface area contributed by atoms with Crippen molar-refractivity contribution in [3.63, 3.8) is 0 Å². The number of hydrogen-bond donors (Lipinski definition) is 1. The quantitative estimate of drug-likeness (QED) is 0.558. The Morgan fingerprint density at radius 2 is 1.67 bits per heavy atom. The van der Waals surface area contributed by atoms with Gasteiger partial charge in [0.25, 0.3) is 0 Å². The van der Waals surface area contributed by atoms with E-state index in [0.717, 1.165) is 0 Å². The van der Waals surface area contributed by atoms with Crippen LogP contribution in [0.5, 0.6) is 0 Å². The SMILES string of the molecule is COC(=O)C1(C)C=CC(C)(C(=O)O)CC1. The number of carbonyl (C=O) groups is 2. The van der Waals surface area contributed by atoms with Gasteiger partial charge in [0.05, 0.1) is 17.9 Å². The Morgan fingerprint density at radius 1 is 1.20 bits per heavy atom.